The number of nitrogens with zero attached hydrogens (tertiary/aromatic N) is 5. The Labute approximate surface area is 223 Å². The minimum absolute atomic E-state index is 0.0162. The van der Waals surface area contributed by atoms with Gasteiger partial charge in [0.1, 0.15) is 5.52 Å². The molecule has 2 aliphatic heterocycles. The Morgan fingerprint density at radius 1 is 1.24 bits per heavy atom. The van der Waals surface area contributed by atoms with Crippen LogP contribution in [0.4, 0.5) is 5.95 Å². The number of aromatic nitrogens is 4. The smallest absolute Gasteiger partial charge is 0.327 e. The van der Waals surface area contributed by atoms with Crippen LogP contribution in [0.25, 0.3) is 11.2 Å². The van der Waals surface area contributed by atoms with Crippen molar-refractivity contribution in [2.45, 2.75) is 58.2 Å². The number of nitrogens with one attached hydrogen (secondary N) is 2. The fourth-order valence-electron chi connectivity index (χ4n) is 6.30. The molecule has 9 nitrogen and oxygen atoms in total. The predicted octanol–water partition coefficient (Wildman–Crippen LogP) is 3.87. The maximum Gasteiger partial charge on any atom is 0.327 e. The number of carbonyl (C=O) groups is 1. The molecule has 0 bridgehead atoms. The number of H-pyrrole nitrogens is 1. The van der Waals surface area contributed by atoms with Gasteiger partial charge in [-0.25, -0.2) is 9.78 Å². The molecule has 2 saturated heterocycles. The first kappa shape index (κ1) is 24.9. The second kappa shape index (κ2) is 9.69. The lowest BCUT2D eigenvalue weighted by Gasteiger charge is -2.48. The van der Waals surface area contributed by atoms with E-state index in [4.69, 9.17) is 0 Å². The van der Waals surface area contributed by atoms with Crippen LogP contribution in [-0.2, 0) is 11.3 Å². The number of benzene rings is 1. The van der Waals surface area contributed by atoms with Crippen molar-refractivity contribution in [1.82, 2.24) is 29.3 Å². The Bertz CT molecular complexity index is 1400. The molecular weight excluding hydrogens is 478 g/mol. The highest BCUT2D eigenvalue weighted by molar-refractivity contribution is 5.87. The summed E-state index contributed by atoms with van der Waals surface area (Å²) in [6.45, 7) is 12.1. The first-order valence-electron chi connectivity index (χ1n) is 13.9. The van der Waals surface area contributed by atoms with E-state index in [1.807, 2.05) is 11.8 Å². The van der Waals surface area contributed by atoms with Gasteiger partial charge in [-0.15, -0.1) is 0 Å². The number of likely N-dealkylation sites (tertiary alicyclic amines) is 2. The van der Waals surface area contributed by atoms with E-state index in [1.165, 1.54) is 36.5 Å². The summed E-state index contributed by atoms with van der Waals surface area (Å²) in [7, 11) is 0. The number of aromatic amines is 1. The van der Waals surface area contributed by atoms with Crippen molar-refractivity contribution < 1.29 is 4.79 Å². The lowest BCUT2D eigenvalue weighted by molar-refractivity contribution is -0.137. The summed E-state index contributed by atoms with van der Waals surface area (Å²) in [5.74, 6) is 1.40. The lowest BCUT2D eigenvalue weighted by Crippen LogP contribution is -2.59. The first-order chi connectivity index (χ1) is 18.4. The molecule has 6 rings (SSSR count). The molecule has 3 aliphatic rings. The zero-order valence-corrected chi connectivity index (χ0v) is 22.3. The molecule has 1 amide bonds. The topological polar surface area (TPSA) is 99.2 Å². The van der Waals surface area contributed by atoms with E-state index >= 15 is 0 Å². The fourth-order valence-corrected chi connectivity index (χ4v) is 6.30. The van der Waals surface area contributed by atoms with Crippen molar-refractivity contribution in [3.8, 4) is 0 Å². The number of hydrogen-bond acceptors (Lipinski definition) is 6. The lowest BCUT2D eigenvalue weighted by atomic mass is 9.79. The van der Waals surface area contributed by atoms with Gasteiger partial charge in [-0.1, -0.05) is 43.7 Å². The number of aryl methyl sites for hydroxylation is 1. The van der Waals surface area contributed by atoms with E-state index in [0.29, 0.717) is 29.7 Å². The van der Waals surface area contributed by atoms with Crippen LogP contribution in [0.3, 0.4) is 0 Å². The van der Waals surface area contributed by atoms with Crippen LogP contribution < -0.4 is 11.0 Å². The maximum atomic E-state index is 12.1. The Balaban J connectivity index is 1.14. The Hall–Kier alpha value is -3.46. The second-order valence-electron chi connectivity index (χ2n) is 11.5. The third-order valence-electron chi connectivity index (χ3n) is 8.70. The molecule has 1 saturated carbocycles. The molecule has 1 spiro atoms. The highest BCUT2D eigenvalue weighted by Gasteiger charge is 2.50. The van der Waals surface area contributed by atoms with Gasteiger partial charge in [0.2, 0.25) is 11.9 Å². The summed E-state index contributed by atoms with van der Waals surface area (Å²) < 4.78 is 1.61. The number of amides is 1. The molecule has 1 unspecified atom stereocenters. The van der Waals surface area contributed by atoms with Crippen molar-refractivity contribution in [2.24, 2.45) is 11.3 Å². The van der Waals surface area contributed by atoms with Gasteiger partial charge in [0.15, 0.2) is 5.65 Å². The third kappa shape index (κ3) is 4.64. The molecule has 4 heterocycles. The number of carbonyl (C=O) groups excluding carboxylic acids is 1. The molecule has 2 N–H and O–H groups in total. The predicted molar refractivity (Wildman–Crippen MR) is 148 cm³/mol. The molecule has 1 aromatic carbocycles. The number of hydrogen-bond donors (Lipinski definition) is 2. The molecule has 1 aliphatic carbocycles. The fraction of sp³-hybridized carbons (Fsp3) is 0.517. The average molecular weight is 516 g/mol. The Morgan fingerprint density at radius 3 is 2.66 bits per heavy atom. The first-order valence-corrected chi connectivity index (χ1v) is 13.9. The molecule has 2 aromatic heterocycles. The van der Waals surface area contributed by atoms with Crippen LogP contribution in [0.1, 0.15) is 62.7 Å². The summed E-state index contributed by atoms with van der Waals surface area (Å²) >= 11 is 0. The molecule has 38 heavy (non-hydrogen) atoms. The monoisotopic (exact) mass is 515 g/mol. The molecule has 2 atom stereocenters. The van der Waals surface area contributed by atoms with Gasteiger partial charge in [0.25, 0.3) is 0 Å². The normalized spacial score (nSPS) is 20.4. The van der Waals surface area contributed by atoms with E-state index < -0.39 is 0 Å². The van der Waals surface area contributed by atoms with Crippen LogP contribution >= 0.6 is 0 Å². The SMILES string of the molecule is C=CC(=O)N1CC2(CCN(C(CC3CC3)c3ccc([C@H](C)Nc4ncc5[nH]c(=O)n(CC)c5n4)cc3)C2)C1. The van der Waals surface area contributed by atoms with Crippen LogP contribution in [0, 0.1) is 11.3 Å². The van der Waals surface area contributed by atoms with Crippen LogP contribution in [0.15, 0.2) is 47.9 Å². The molecular formula is C29H37N7O2. The van der Waals surface area contributed by atoms with E-state index in [1.54, 1.807) is 10.8 Å². The Morgan fingerprint density at radius 2 is 1.97 bits per heavy atom. The highest BCUT2D eigenvalue weighted by atomic mass is 16.2. The minimum Gasteiger partial charge on any atom is -0.348 e. The number of anilines is 1. The molecule has 0 radical (unpaired) electrons. The summed E-state index contributed by atoms with van der Waals surface area (Å²) in [6.07, 6.45) is 8.14. The number of fused-ring (bicyclic) bond motifs is 1. The average Bonchev–Trinajstić information content (AvgIpc) is 3.52. The van der Waals surface area contributed by atoms with E-state index in [0.717, 1.165) is 38.5 Å². The van der Waals surface area contributed by atoms with E-state index in [-0.39, 0.29) is 23.1 Å². The second-order valence-corrected chi connectivity index (χ2v) is 11.5. The molecule has 3 aromatic rings. The van der Waals surface area contributed by atoms with Crippen molar-refractivity contribution in [3.63, 3.8) is 0 Å². The van der Waals surface area contributed by atoms with Gasteiger partial charge in [-0.3, -0.25) is 14.3 Å². The summed E-state index contributed by atoms with van der Waals surface area (Å²) in [6, 6.07) is 9.43. The summed E-state index contributed by atoms with van der Waals surface area (Å²) in [5, 5.41) is 3.40. The maximum absolute atomic E-state index is 12.1. The van der Waals surface area contributed by atoms with Gasteiger partial charge in [-0.2, -0.15) is 4.98 Å². The molecule has 9 heteroatoms. The van der Waals surface area contributed by atoms with Gasteiger partial charge in [0.05, 0.1) is 12.2 Å². The van der Waals surface area contributed by atoms with Crippen molar-refractivity contribution in [2.75, 3.05) is 31.5 Å². The van der Waals surface area contributed by atoms with Gasteiger partial charge >= 0.3 is 5.69 Å². The molecule has 200 valence electrons. The minimum atomic E-state index is -0.165. The van der Waals surface area contributed by atoms with Crippen molar-refractivity contribution in [3.05, 3.63) is 64.7 Å². The third-order valence-corrected chi connectivity index (χ3v) is 8.70. The van der Waals surface area contributed by atoms with Crippen molar-refractivity contribution >= 4 is 23.0 Å². The zero-order valence-electron chi connectivity index (χ0n) is 22.3. The van der Waals surface area contributed by atoms with Crippen LogP contribution in [-0.4, -0.2) is 61.4 Å². The zero-order chi connectivity index (χ0) is 26.4. The quantitative estimate of drug-likeness (QED) is 0.420. The Kier molecular flexibility index (Phi) is 6.34. The van der Waals surface area contributed by atoms with E-state index in [9.17, 15) is 9.59 Å². The molecule has 3 fully saturated rings. The standard InChI is InChI=1S/C29H37N7O2/c1-4-25(37)35-17-29(18-35)12-13-34(16-29)24(14-20-6-7-20)22-10-8-21(9-11-22)19(3)31-27-30-15-23-26(33-27)36(5-2)28(38)32-23/h4,8-11,15,19-20,24H,1,5-7,12-14,16-18H2,2-3H3,(H,32,38)(H,30,31,33)/t19-,24?/m0/s1. The van der Waals surface area contributed by atoms with Gasteiger partial charge in [-0.05, 0) is 56.4 Å². The summed E-state index contributed by atoms with van der Waals surface area (Å²) in [5.41, 5.74) is 3.89. The van der Waals surface area contributed by atoms with Crippen molar-refractivity contribution in [1.29, 1.82) is 0 Å². The summed E-state index contributed by atoms with van der Waals surface area (Å²) in [4.78, 5) is 40.5. The highest BCUT2D eigenvalue weighted by Crippen LogP contribution is 2.46. The number of rotatable bonds is 9. The number of imidazole rings is 1. The van der Waals surface area contributed by atoms with E-state index in [2.05, 4.69) is 62.9 Å². The van der Waals surface area contributed by atoms with Crippen LogP contribution in [0.5, 0.6) is 0 Å². The van der Waals surface area contributed by atoms with Gasteiger partial charge < -0.3 is 15.2 Å². The largest absolute Gasteiger partial charge is 0.348 e. The van der Waals surface area contributed by atoms with Gasteiger partial charge in [0, 0.05) is 37.6 Å². The van der Waals surface area contributed by atoms with Crippen LogP contribution in [0.2, 0.25) is 0 Å².